The molecule has 0 unspecified atom stereocenters. The Labute approximate surface area is 109 Å². The van der Waals surface area contributed by atoms with Crippen LogP contribution in [0.3, 0.4) is 0 Å². The monoisotopic (exact) mass is 246 g/mol. The van der Waals surface area contributed by atoms with Crippen molar-refractivity contribution in [3.8, 4) is 5.75 Å². The summed E-state index contributed by atoms with van der Waals surface area (Å²) in [6.45, 7) is 10.7. The minimum absolute atomic E-state index is 0.0859. The molecule has 1 aromatic rings. The fourth-order valence-corrected chi connectivity index (χ4v) is 2.72. The van der Waals surface area contributed by atoms with Crippen LogP contribution in [0.4, 0.5) is 5.82 Å². The molecule has 0 aromatic carbocycles. The molecule has 0 amide bonds. The van der Waals surface area contributed by atoms with Gasteiger partial charge in [0.1, 0.15) is 6.61 Å². The molecule has 1 saturated carbocycles. The lowest BCUT2D eigenvalue weighted by Crippen LogP contribution is -2.46. The Morgan fingerprint density at radius 3 is 2.61 bits per heavy atom. The van der Waals surface area contributed by atoms with Gasteiger partial charge in [-0.1, -0.05) is 20.8 Å². The van der Waals surface area contributed by atoms with Crippen molar-refractivity contribution < 1.29 is 4.74 Å². The molecule has 1 fully saturated rings. The predicted octanol–water partition coefficient (Wildman–Crippen LogP) is 3.13. The highest BCUT2D eigenvalue weighted by Crippen LogP contribution is 2.49. The lowest BCUT2D eigenvalue weighted by atomic mass is 9.91. The summed E-state index contributed by atoms with van der Waals surface area (Å²) in [7, 11) is 0. The van der Waals surface area contributed by atoms with Crippen LogP contribution in [-0.4, -0.2) is 23.7 Å². The molecule has 1 aromatic heterocycles. The van der Waals surface area contributed by atoms with E-state index in [1.807, 2.05) is 0 Å². The second-order valence-electron chi connectivity index (χ2n) is 6.53. The average molecular weight is 246 g/mol. The molecule has 3 heteroatoms. The molecule has 0 N–H and O–H groups in total. The Kier molecular flexibility index (Phi) is 2.38. The van der Waals surface area contributed by atoms with Crippen molar-refractivity contribution in [3.63, 3.8) is 0 Å². The number of hydrogen-bond acceptors (Lipinski definition) is 3. The summed E-state index contributed by atoms with van der Waals surface area (Å²) in [6.07, 6.45) is 2.48. The van der Waals surface area contributed by atoms with Crippen LogP contribution < -0.4 is 9.64 Å². The highest BCUT2D eigenvalue weighted by atomic mass is 16.5. The third-order valence-electron chi connectivity index (χ3n) is 4.08. The zero-order valence-electron chi connectivity index (χ0n) is 11.8. The minimum atomic E-state index is 0.0859. The first-order valence-corrected chi connectivity index (χ1v) is 6.88. The van der Waals surface area contributed by atoms with E-state index >= 15 is 0 Å². The Hall–Kier alpha value is -1.25. The number of hydrogen-bond donors (Lipinski definition) is 0. The number of pyridine rings is 1. The molecule has 3 nitrogen and oxygen atoms in total. The van der Waals surface area contributed by atoms with Crippen LogP contribution in [0.1, 0.15) is 46.2 Å². The molecule has 1 spiro atoms. The zero-order valence-corrected chi connectivity index (χ0v) is 11.8. The molecule has 98 valence electrons. The van der Waals surface area contributed by atoms with Crippen LogP contribution in [0, 0.1) is 0 Å². The van der Waals surface area contributed by atoms with E-state index in [0.717, 1.165) is 30.4 Å². The number of aromatic nitrogens is 1. The van der Waals surface area contributed by atoms with Crippen LogP contribution in [0.2, 0.25) is 0 Å². The van der Waals surface area contributed by atoms with Crippen molar-refractivity contribution >= 4 is 5.82 Å². The Balaban J connectivity index is 2.06. The lowest BCUT2D eigenvalue weighted by Gasteiger charge is -2.38. The van der Waals surface area contributed by atoms with E-state index in [1.165, 1.54) is 12.8 Å². The van der Waals surface area contributed by atoms with E-state index in [4.69, 9.17) is 9.72 Å². The van der Waals surface area contributed by atoms with Gasteiger partial charge in [0.05, 0.1) is 5.54 Å². The van der Waals surface area contributed by atoms with E-state index in [9.17, 15) is 0 Å². The van der Waals surface area contributed by atoms with Gasteiger partial charge in [0, 0.05) is 17.7 Å². The maximum Gasteiger partial charge on any atom is 0.172 e. The average Bonchev–Trinajstić information content (AvgIpc) is 3.08. The number of nitrogens with zero attached hydrogens (tertiary/aromatic N) is 2. The van der Waals surface area contributed by atoms with Crippen LogP contribution >= 0.6 is 0 Å². The van der Waals surface area contributed by atoms with Gasteiger partial charge < -0.3 is 9.64 Å². The largest absolute Gasteiger partial charge is 0.487 e. The van der Waals surface area contributed by atoms with Crippen molar-refractivity contribution in [2.24, 2.45) is 0 Å². The third-order valence-corrected chi connectivity index (χ3v) is 4.08. The molecule has 2 heterocycles. The van der Waals surface area contributed by atoms with Gasteiger partial charge in [-0.2, -0.15) is 0 Å². The van der Waals surface area contributed by atoms with Crippen molar-refractivity contribution in [1.82, 2.24) is 4.98 Å². The van der Waals surface area contributed by atoms with Crippen LogP contribution in [0.15, 0.2) is 12.1 Å². The van der Waals surface area contributed by atoms with E-state index in [2.05, 4.69) is 44.7 Å². The van der Waals surface area contributed by atoms with Gasteiger partial charge in [-0.3, -0.25) is 0 Å². The molecule has 3 rings (SSSR count). The molecule has 18 heavy (non-hydrogen) atoms. The van der Waals surface area contributed by atoms with E-state index in [-0.39, 0.29) is 11.0 Å². The van der Waals surface area contributed by atoms with Crippen molar-refractivity contribution in [3.05, 3.63) is 17.8 Å². The van der Waals surface area contributed by atoms with Gasteiger partial charge in [0.2, 0.25) is 0 Å². The van der Waals surface area contributed by atoms with Crippen LogP contribution in [0.25, 0.3) is 0 Å². The summed E-state index contributed by atoms with van der Waals surface area (Å²) in [5.74, 6) is 2.00. The first kappa shape index (κ1) is 11.8. The number of fused-ring (bicyclic) bond motifs is 1. The van der Waals surface area contributed by atoms with Gasteiger partial charge in [0.15, 0.2) is 11.6 Å². The third kappa shape index (κ3) is 1.68. The smallest absolute Gasteiger partial charge is 0.172 e. The fourth-order valence-electron chi connectivity index (χ4n) is 2.72. The lowest BCUT2D eigenvalue weighted by molar-refractivity contribution is 0.249. The first-order valence-electron chi connectivity index (χ1n) is 6.88. The molecule has 0 radical (unpaired) electrons. The Morgan fingerprint density at radius 2 is 2.06 bits per heavy atom. The Morgan fingerprint density at radius 1 is 1.33 bits per heavy atom. The number of likely N-dealkylation sites (N-methyl/N-ethyl adjacent to an activating group) is 1. The summed E-state index contributed by atoms with van der Waals surface area (Å²) < 4.78 is 5.90. The summed E-state index contributed by atoms with van der Waals surface area (Å²) in [4.78, 5) is 7.32. The van der Waals surface area contributed by atoms with Crippen molar-refractivity contribution in [1.29, 1.82) is 0 Å². The first-order chi connectivity index (χ1) is 8.46. The quantitative estimate of drug-likeness (QED) is 0.761. The number of anilines is 1. The van der Waals surface area contributed by atoms with Gasteiger partial charge in [-0.25, -0.2) is 4.98 Å². The number of ether oxygens (including phenoxy) is 1. The van der Waals surface area contributed by atoms with Gasteiger partial charge in [-0.15, -0.1) is 0 Å². The Bertz CT molecular complexity index is 472. The molecule has 1 aliphatic heterocycles. The second kappa shape index (κ2) is 3.62. The SMILES string of the molecule is CCN1c2nc(C(C)(C)C)ccc2OCC12CC2. The highest BCUT2D eigenvalue weighted by Gasteiger charge is 2.52. The molecule has 0 atom stereocenters. The van der Waals surface area contributed by atoms with Gasteiger partial charge >= 0.3 is 0 Å². The predicted molar refractivity (Wildman–Crippen MR) is 73.4 cm³/mol. The van der Waals surface area contributed by atoms with Gasteiger partial charge in [0.25, 0.3) is 0 Å². The maximum atomic E-state index is 5.90. The van der Waals surface area contributed by atoms with Crippen LogP contribution in [0.5, 0.6) is 5.75 Å². The topological polar surface area (TPSA) is 25.4 Å². The fraction of sp³-hybridized carbons (Fsp3) is 0.667. The molecule has 0 saturated heterocycles. The van der Waals surface area contributed by atoms with Crippen molar-refractivity contribution in [2.45, 2.75) is 51.5 Å². The summed E-state index contributed by atoms with van der Waals surface area (Å²) in [6, 6.07) is 4.18. The number of rotatable bonds is 1. The van der Waals surface area contributed by atoms with Crippen molar-refractivity contribution in [2.75, 3.05) is 18.1 Å². The molecular formula is C15H22N2O. The van der Waals surface area contributed by atoms with Crippen LogP contribution in [-0.2, 0) is 5.41 Å². The molecule has 0 bridgehead atoms. The minimum Gasteiger partial charge on any atom is -0.487 e. The zero-order chi connectivity index (χ0) is 13.0. The van der Waals surface area contributed by atoms with E-state index in [1.54, 1.807) is 0 Å². The molecule has 2 aliphatic rings. The standard InChI is InChI=1S/C15H22N2O/c1-5-17-13-11(18-10-15(17)8-9-15)6-7-12(16-13)14(2,3)4/h6-7H,5,8-10H2,1-4H3. The molecular weight excluding hydrogens is 224 g/mol. The summed E-state index contributed by atoms with van der Waals surface area (Å²) >= 11 is 0. The molecule has 1 aliphatic carbocycles. The van der Waals surface area contributed by atoms with Gasteiger partial charge in [-0.05, 0) is 31.9 Å². The summed E-state index contributed by atoms with van der Waals surface area (Å²) in [5.41, 5.74) is 1.48. The second-order valence-corrected chi connectivity index (χ2v) is 6.53. The van der Waals surface area contributed by atoms with E-state index in [0.29, 0.717) is 0 Å². The summed E-state index contributed by atoms with van der Waals surface area (Å²) in [5, 5.41) is 0. The maximum absolute atomic E-state index is 5.90. The normalized spacial score (nSPS) is 20.6. The highest BCUT2D eigenvalue weighted by molar-refractivity contribution is 5.59. The van der Waals surface area contributed by atoms with E-state index < -0.39 is 0 Å².